The van der Waals surface area contributed by atoms with Crippen LogP contribution in [-0.2, 0) is 6.54 Å². The van der Waals surface area contributed by atoms with Gasteiger partial charge in [-0.3, -0.25) is 0 Å². The van der Waals surface area contributed by atoms with Crippen molar-refractivity contribution < 1.29 is 4.39 Å². The molecule has 18 heavy (non-hydrogen) atoms. The van der Waals surface area contributed by atoms with E-state index in [9.17, 15) is 4.39 Å². The molecule has 0 bridgehead atoms. The molecular weight excluding hydrogens is 227 g/mol. The van der Waals surface area contributed by atoms with E-state index in [-0.39, 0.29) is 5.82 Å². The lowest BCUT2D eigenvalue weighted by Crippen LogP contribution is -2.22. The Hall–Kier alpha value is -1.87. The van der Waals surface area contributed by atoms with Gasteiger partial charge in [0.05, 0.1) is 5.69 Å². The van der Waals surface area contributed by atoms with Crippen molar-refractivity contribution in [2.75, 3.05) is 18.4 Å². The fraction of sp³-hybridized carbons (Fsp3) is 0.200. The molecule has 0 saturated heterocycles. The number of nitrogens with one attached hydrogen (secondary N) is 2. The molecule has 0 saturated carbocycles. The number of rotatable bonds is 6. The summed E-state index contributed by atoms with van der Waals surface area (Å²) in [6, 6.07) is 16.9. The first-order valence-electron chi connectivity index (χ1n) is 6.09. The van der Waals surface area contributed by atoms with Crippen molar-refractivity contribution in [2.24, 2.45) is 0 Å². The first-order valence-corrected chi connectivity index (χ1v) is 6.09. The molecule has 0 heterocycles. The second-order valence-electron chi connectivity index (χ2n) is 4.07. The lowest BCUT2D eigenvalue weighted by atomic mass is 10.2. The van der Waals surface area contributed by atoms with Crippen LogP contribution in [0.5, 0.6) is 0 Å². The Morgan fingerprint density at radius 3 is 2.33 bits per heavy atom. The predicted molar refractivity (Wildman–Crippen MR) is 73.0 cm³/mol. The van der Waals surface area contributed by atoms with Crippen LogP contribution in [0.2, 0.25) is 0 Å². The minimum Gasteiger partial charge on any atom is -0.381 e. The molecule has 2 N–H and O–H groups in total. The minimum absolute atomic E-state index is 0.208. The maximum atomic E-state index is 13.3. The zero-order valence-electron chi connectivity index (χ0n) is 10.2. The van der Waals surface area contributed by atoms with E-state index in [1.54, 1.807) is 12.1 Å². The molecule has 94 valence electrons. The fourth-order valence-electron chi connectivity index (χ4n) is 1.72. The summed E-state index contributed by atoms with van der Waals surface area (Å²) in [4.78, 5) is 0. The van der Waals surface area contributed by atoms with Gasteiger partial charge in [0.15, 0.2) is 0 Å². The van der Waals surface area contributed by atoms with Crippen LogP contribution in [0.4, 0.5) is 10.1 Å². The molecule has 2 nitrogen and oxygen atoms in total. The summed E-state index contributed by atoms with van der Waals surface area (Å²) < 4.78 is 13.3. The van der Waals surface area contributed by atoms with Gasteiger partial charge < -0.3 is 10.6 Å². The second-order valence-corrected chi connectivity index (χ2v) is 4.07. The van der Waals surface area contributed by atoms with Gasteiger partial charge in [-0.2, -0.15) is 0 Å². The van der Waals surface area contributed by atoms with Gasteiger partial charge in [0.1, 0.15) is 5.82 Å². The summed E-state index contributed by atoms with van der Waals surface area (Å²) >= 11 is 0. The molecule has 2 aromatic rings. The fourth-order valence-corrected chi connectivity index (χ4v) is 1.72. The van der Waals surface area contributed by atoms with Crippen LogP contribution in [0.3, 0.4) is 0 Å². The molecule has 3 heteroatoms. The van der Waals surface area contributed by atoms with E-state index in [0.717, 1.165) is 13.1 Å². The molecule has 0 aliphatic rings. The largest absolute Gasteiger partial charge is 0.381 e. The number of para-hydroxylation sites is 1. The molecule has 0 atom stereocenters. The Balaban J connectivity index is 1.66. The summed E-state index contributed by atoms with van der Waals surface area (Å²) in [6.07, 6.45) is 0. The molecule has 0 radical (unpaired) electrons. The maximum absolute atomic E-state index is 13.3. The summed E-state index contributed by atoms with van der Waals surface area (Å²) in [5, 5.41) is 6.37. The Morgan fingerprint density at radius 2 is 1.56 bits per heavy atom. The average molecular weight is 244 g/mol. The summed E-state index contributed by atoms with van der Waals surface area (Å²) in [7, 11) is 0. The van der Waals surface area contributed by atoms with Gasteiger partial charge >= 0.3 is 0 Å². The van der Waals surface area contributed by atoms with E-state index in [1.165, 1.54) is 11.6 Å². The number of anilines is 1. The van der Waals surface area contributed by atoms with Crippen molar-refractivity contribution in [1.29, 1.82) is 0 Å². The van der Waals surface area contributed by atoms with Gasteiger partial charge in [-0.05, 0) is 17.7 Å². The van der Waals surface area contributed by atoms with Crippen LogP contribution in [0, 0.1) is 5.82 Å². The zero-order chi connectivity index (χ0) is 12.6. The molecule has 2 rings (SSSR count). The third-order valence-corrected chi connectivity index (χ3v) is 2.66. The Labute approximate surface area is 107 Å². The SMILES string of the molecule is Fc1ccccc1NCCNCc1ccccc1. The first kappa shape index (κ1) is 12.6. The zero-order valence-corrected chi connectivity index (χ0v) is 10.2. The number of hydrogen-bond acceptors (Lipinski definition) is 2. The standard InChI is InChI=1S/C15H17FN2/c16-14-8-4-5-9-15(14)18-11-10-17-12-13-6-2-1-3-7-13/h1-9,17-18H,10-12H2. The number of benzene rings is 2. The van der Waals surface area contributed by atoms with E-state index in [1.807, 2.05) is 24.3 Å². The van der Waals surface area contributed by atoms with Crippen molar-refractivity contribution in [3.05, 3.63) is 66.0 Å². The third-order valence-electron chi connectivity index (χ3n) is 2.66. The minimum atomic E-state index is -0.208. The van der Waals surface area contributed by atoms with Gasteiger partial charge in [0.25, 0.3) is 0 Å². The molecule has 0 spiro atoms. The molecule has 2 aromatic carbocycles. The van der Waals surface area contributed by atoms with Gasteiger partial charge in [-0.15, -0.1) is 0 Å². The van der Waals surface area contributed by atoms with Crippen LogP contribution in [0.1, 0.15) is 5.56 Å². The van der Waals surface area contributed by atoms with Crippen LogP contribution >= 0.6 is 0 Å². The van der Waals surface area contributed by atoms with Crippen LogP contribution < -0.4 is 10.6 Å². The molecule has 0 fully saturated rings. The predicted octanol–water partition coefficient (Wildman–Crippen LogP) is 3.03. The summed E-state index contributed by atoms with van der Waals surface area (Å²) in [6.45, 7) is 2.33. The third kappa shape index (κ3) is 3.86. The molecule has 0 unspecified atom stereocenters. The van der Waals surface area contributed by atoms with E-state index >= 15 is 0 Å². The van der Waals surface area contributed by atoms with Gasteiger partial charge in [0.2, 0.25) is 0 Å². The van der Waals surface area contributed by atoms with Crippen molar-refractivity contribution in [1.82, 2.24) is 5.32 Å². The van der Waals surface area contributed by atoms with E-state index in [2.05, 4.69) is 22.8 Å². The topological polar surface area (TPSA) is 24.1 Å². The highest BCUT2D eigenvalue weighted by atomic mass is 19.1. The van der Waals surface area contributed by atoms with Crippen molar-refractivity contribution >= 4 is 5.69 Å². The summed E-state index contributed by atoms with van der Waals surface area (Å²) in [5.74, 6) is -0.208. The van der Waals surface area contributed by atoms with E-state index in [4.69, 9.17) is 0 Å². The van der Waals surface area contributed by atoms with Crippen LogP contribution in [-0.4, -0.2) is 13.1 Å². The highest BCUT2D eigenvalue weighted by Gasteiger charge is 1.98. The van der Waals surface area contributed by atoms with Gasteiger partial charge in [-0.1, -0.05) is 42.5 Å². The second kappa shape index (κ2) is 6.77. The first-order chi connectivity index (χ1) is 8.86. The van der Waals surface area contributed by atoms with Crippen LogP contribution in [0.15, 0.2) is 54.6 Å². The number of hydrogen-bond donors (Lipinski definition) is 2. The Bertz CT molecular complexity index is 471. The highest BCUT2D eigenvalue weighted by molar-refractivity contribution is 5.44. The highest BCUT2D eigenvalue weighted by Crippen LogP contribution is 2.11. The molecule has 0 aliphatic heterocycles. The van der Waals surface area contributed by atoms with Crippen molar-refractivity contribution in [3.8, 4) is 0 Å². The monoisotopic (exact) mass is 244 g/mol. The summed E-state index contributed by atoms with van der Waals surface area (Å²) in [5.41, 5.74) is 1.81. The molecule has 0 aromatic heterocycles. The van der Waals surface area contributed by atoms with Crippen molar-refractivity contribution in [2.45, 2.75) is 6.54 Å². The van der Waals surface area contributed by atoms with E-state index < -0.39 is 0 Å². The molecule has 0 aliphatic carbocycles. The molecule has 0 amide bonds. The van der Waals surface area contributed by atoms with E-state index in [0.29, 0.717) is 12.2 Å². The van der Waals surface area contributed by atoms with Gasteiger partial charge in [-0.25, -0.2) is 4.39 Å². The Morgan fingerprint density at radius 1 is 0.833 bits per heavy atom. The lowest BCUT2D eigenvalue weighted by Gasteiger charge is -2.08. The number of halogens is 1. The van der Waals surface area contributed by atoms with Crippen molar-refractivity contribution in [3.63, 3.8) is 0 Å². The van der Waals surface area contributed by atoms with Gasteiger partial charge in [0, 0.05) is 19.6 Å². The molecular formula is C15H17FN2. The average Bonchev–Trinajstić information content (AvgIpc) is 2.42. The Kier molecular flexibility index (Phi) is 4.73. The smallest absolute Gasteiger partial charge is 0.146 e. The lowest BCUT2D eigenvalue weighted by molar-refractivity contribution is 0.628. The normalized spacial score (nSPS) is 10.3. The quantitative estimate of drug-likeness (QED) is 0.763. The maximum Gasteiger partial charge on any atom is 0.146 e. The van der Waals surface area contributed by atoms with Crippen LogP contribution in [0.25, 0.3) is 0 Å².